The second-order valence-corrected chi connectivity index (χ2v) is 8.38. The van der Waals surface area contributed by atoms with Gasteiger partial charge in [0.05, 0.1) is 16.1 Å². The lowest BCUT2D eigenvalue weighted by molar-refractivity contribution is 0.100. The van der Waals surface area contributed by atoms with Crippen LogP contribution in [0.25, 0.3) is 20.7 Å². The van der Waals surface area contributed by atoms with Crippen molar-refractivity contribution in [3.63, 3.8) is 0 Å². The Balaban J connectivity index is 1.76. The van der Waals surface area contributed by atoms with Crippen molar-refractivity contribution in [2.75, 3.05) is 37.7 Å². The highest BCUT2D eigenvalue weighted by Gasteiger charge is 2.22. The summed E-state index contributed by atoms with van der Waals surface area (Å²) in [6, 6.07) is 7.48. The molecular formula is C20H23ClN6OS. The summed E-state index contributed by atoms with van der Waals surface area (Å²) in [7, 11) is 0. The number of halogens is 1. The zero-order valence-corrected chi connectivity index (χ0v) is 17.8. The maximum absolute atomic E-state index is 11.8. The van der Waals surface area contributed by atoms with Crippen molar-refractivity contribution in [2.45, 2.75) is 13.3 Å². The molecule has 1 fully saturated rings. The number of hydrogen-bond donors (Lipinski definition) is 2. The second kappa shape index (κ2) is 8.62. The Labute approximate surface area is 178 Å². The number of fused-ring (bicyclic) bond motifs is 1. The van der Waals surface area contributed by atoms with Gasteiger partial charge in [-0.2, -0.15) is 0 Å². The van der Waals surface area contributed by atoms with Gasteiger partial charge in [0.2, 0.25) is 11.9 Å². The van der Waals surface area contributed by atoms with Gasteiger partial charge >= 0.3 is 0 Å². The van der Waals surface area contributed by atoms with E-state index in [-0.39, 0.29) is 0 Å². The van der Waals surface area contributed by atoms with E-state index in [4.69, 9.17) is 22.3 Å². The van der Waals surface area contributed by atoms with Crippen LogP contribution < -0.4 is 16.1 Å². The van der Waals surface area contributed by atoms with Gasteiger partial charge in [0.25, 0.3) is 0 Å². The van der Waals surface area contributed by atoms with E-state index in [0.717, 1.165) is 54.1 Å². The third kappa shape index (κ3) is 4.06. The summed E-state index contributed by atoms with van der Waals surface area (Å²) in [6.07, 6.45) is 2.64. The van der Waals surface area contributed by atoms with Crippen LogP contribution in [0.3, 0.4) is 0 Å². The first kappa shape index (κ1) is 20.0. The number of anilines is 1. The van der Waals surface area contributed by atoms with Gasteiger partial charge in [-0.1, -0.05) is 24.6 Å². The fourth-order valence-corrected chi connectivity index (χ4v) is 4.86. The molecule has 7 nitrogen and oxygen atoms in total. The van der Waals surface area contributed by atoms with E-state index in [0.29, 0.717) is 22.2 Å². The van der Waals surface area contributed by atoms with E-state index in [1.54, 1.807) is 23.6 Å². The summed E-state index contributed by atoms with van der Waals surface area (Å²) in [5.74, 6) is 0.197. The van der Waals surface area contributed by atoms with Crippen LogP contribution >= 0.6 is 22.9 Å². The number of rotatable bonds is 6. The molecule has 1 aromatic carbocycles. The van der Waals surface area contributed by atoms with E-state index in [9.17, 15) is 4.79 Å². The van der Waals surface area contributed by atoms with Crippen LogP contribution in [0.2, 0.25) is 5.02 Å². The van der Waals surface area contributed by atoms with Crippen molar-refractivity contribution in [1.82, 2.24) is 20.3 Å². The molecule has 1 aliphatic heterocycles. The summed E-state index contributed by atoms with van der Waals surface area (Å²) < 4.78 is 0.972. The molecule has 0 spiro atoms. The first-order valence-corrected chi connectivity index (χ1v) is 10.9. The minimum atomic E-state index is -0.442. The van der Waals surface area contributed by atoms with Crippen molar-refractivity contribution in [2.24, 2.45) is 5.73 Å². The molecule has 0 radical (unpaired) electrons. The normalized spacial score (nSPS) is 15.0. The van der Waals surface area contributed by atoms with Gasteiger partial charge in [-0.25, -0.2) is 15.0 Å². The minimum absolute atomic E-state index is 0.442. The highest BCUT2D eigenvalue weighted by molar-refractivity contribution is 7.22. The molecular weight excluding hydrogens is 408 g/mol. The SMILES string of the molecule is CCCN(c1ncc(Cl)c(-c2cc3c(C(N)=O)cccc3s2)n1)N1CCNCC1. The molecule has 0 atom stereocenters. The van der Waals surface area contributed by atoms with Gasteiger partial charge < -0.3 is 11.1 Å². The molecule has 0 aliphatic carbocycles. The molecule has 3 aromatic rings. The predicted molar refractivity (Wildman–Crippen MR) is 118 cm³/mol. The number of carbonyl (C=O) groups is 1. The number of hydrogen-bond acceptors (Lipinski definition) is 7. The van der Waals surface area contributed by atoms with E-state index in [1.165, 1.54) is 0 Å². The summed E-state index contributed by atoms with van der Waals surface area (Å²) in [5.41, 5.74) is 6.71. The standard InChI is InChI=1S/C20H23ClN6OS/c1-2-8-27(26-9-6-23-7-10-26)20-24-12-15(21)18(25-20)17-11-14-13(19(22)28)4-3-5-16(14)29-17/h3-5,11-12,23H,2,6-10H2,1H3,(H2,22,28). The van der Waals surface area contributed by atoms with Crippen LogP contribution in [0.15, 0.2) is 30.5 Å². The lowest BCUT2D eigenvalue weighted by Crippen LogP contribution is -2.53. The maximum atomic E-state index is 11.8. The van der Waals surface area contributed by atoms with Gasteiger partial charge in [-0.05, 0) is 24.6 Å². The molecule has 29 heavy (non-hydrogen) atoms. The summed E-state index contributed by atoms with van der Waals surface area (Å²) in [5, 5.41) is 9.10. The van der Waals surface area contributed by atoms with Crippen LogP contribution in [-0.2, 0) is 0 Å². The lowest BCUT2D eigenvalue weighted by Gasteiger charge is -2.37. The van der Waals surface area contributed by atoms with Crippen LogP contribution in [0.1, 0.15) is 23.7 Å². The van der Waals surface area contributed by atoms with Crippen molar-refractivity contribution in [3.8, 4) is 10.6 Å². The van der Waals surface area contributed by atoms with Gasteiger partial charge in [0.15, 0.2) is 0 Å². The van der Waals surface area contributed by atoms with Crippen molar-refractivity contribution in [1.29, 1.82) is 0 Å². The Kier molecular flexibility index (Phi) is 5.96. The second-order valence-electron chi connectivity index (χ2n) is 6.89. The maximum Gasteiger partial charge on any atom is 0.249 e. The lowest BCUT2D eigenvalue weighted by atomic mass is 10.1. The molecule has 2 aromatic heterocycles. The van der Waals surface area contributed by atoms with Gasteiger partial charge in [-0.15, -0.1) is 11.3 Å². The molecule has 1 aliphatic rings. The molecule has 3 heterocycles. The summed E-state index contributed by atoms with van der Waals surface area (Å²) >= 11 is 8.02. The van der Waals surface area contributed by atoms with Gasteiger partial charge in [0.1, 0.15) is 5.69 Å². The van der Waals surface area contributed by atoms with Crippen molar-refractivity contribution >= 4 is 44.9 Å². The van der Waals surface area contributed by atoms with Crippen LogP contribution in [0.4, 0.5) is 5.95 Å². The van der Waals surface area contributed by atoms with Crippen molar-refractivity contribution in [3.05, 3.63) is 41.0 Å². The number of primary amides is 1. The highest BCUT2D eigenvalue weighted by Crippen LogP contribution is 2.37. The molecule has 4 rings (SSSR count). The predicted octanol–water partition coefficient (Wildman–Crippen LogP) is 3.15. The Morgan fingerprint density at radius 2 is 2.17 bits per heavy atom. The molecule has 9 heteroatoms. The fraction of sp³-hybridized carbons (Fsp3) is 0.350. The number of nitrogens with zero attached hydrogens (tertiary/aromatic N) is 4. The summed E-state index contributed by atoms with van der Waals surface area (Å²) in [6.45, 7) is 6.67. The Morgan fingerprint density at radius 3 is 2.90 bits per heavy atom. The Hall–Kier alpha value is -2.26. The molecule has 0 bridgehead atoms. The van der Waals surface area contributed by atoms with Crippen LogP contribution in [0.5, 0.6) is 0 Å². The number of thiophene rings is 1. The van der Waals surface area contributed by atoms with E-state index < -0.39 is 5.91 Å². The number of carbonyl (C=O) groups excluding carboxylic acids is 1. The number of aromatic nitrogens is 2. The van der Waals surface area contributed by atoms with E-state index in [1.807, 2.05) is 18.2 Å². The molecule has 1 saturated heterocycles. The number of hydrazine groups is 1. The van der Waals surface area contributed by atoms with E-state index in [2.05, 4.69) is 27.2 Å². The molecule has 152 valence electrons. The number of amides is 1. The Morgan fingerprint density at radius 1 is 1.38 bits per heavy atom. The summed E-state index contributed by atoms with van der Waals surface area (Å²) in [4.78, 5) is 22.0. The van der Waals surface area contributed by atoms with Crippen LogP contribution in [-0.4, -0.2) is 53.6 Å². The third-order valence-corrected chi connectivity index (χ3v) is 6.28. The number of piperazine rings is 1. The van der Waals surface area contributed by atoms with Gasteiger partial charge in [-0.3, -0.25) is 9.80 Å². The first-order valence-electron chi connectivity index (χ1n) is 9.67. The molecule has 3 N–H and O–H groups in total. The average molecular weight is 431 g/mol. The average Bonchev–Trinajstić information content (AvgIpc) is 3.17. The first-order chi connectivity index (χ1) is 14.1. The number of nitrogens with two attached hydrogens (primary N) is 1. The quantitative estimate of drug-likeness (QED) is 0.624. The topological polar surface area (TPSA) is 87.4 Å². The largest absolute Gasteiger partial charge is 0.366 e. The Bertz CT molecular complexity index is 1030. The minimum Gasteiger partial charge on any atom is -0.366 e. The van der Waals surface area contributed by atoms with Crippen LogP contribution in [0, 0.1) is 0 Å². The molecule has 0 unspecified atom stereocenters. The van der Waals surface area contributed by atoms with E-state index >= 15 is 0 Å². The number of nitrogens with one attached hydrogen (secondary N) is 1. The van der Waals surface area contributed by atoms with Crippen molar-refractivity contribution < 1.29 is 4.79 Å². The zero-order valence-electron chi connectivity index (χ0n) is 16.2. The fourth-order valence-electron chi connectivity index (χ4n) is 3.52. The smallest absolute Gasteiger partial charge is 0.249 e. The van der Waals surface area contributed by atoms with Gasteiger partial charge in [0, 0.05) is 48.4 Å². The molecule has 1 amide bonds. The third-order valence-electron chi connectivity index (χ3n) is 4.89. The monoisotopic (exact) mass is 430 g/mol. The number of benzene rings is 1. The zero-order chi connectivity index (χ0) is 20.4. The molecule has 0 saturated carbocycles. The highest BCUT2D eigenvalue weighted by atomic mass is 35.5.